The van der Waals surface area contributed by atoms with Gasteiger partial charge in [-0.05, 0) is 6.92 Å². The van der Waals surface area contributed by atoms with Crippen molar-refractivity contribution >= 4 is 22.4 Å². The fraction of sp³-hybridized carbons (Fsp3) is 0.364. The summed E-state index contributed by atoms with van der Waals surface area (Å²) in [6.45, 7) is 2.59. The summed E-state index contributed by atoms with van der Waals surface area (Å²) < 4.78 is 1.77. The van der Waals surface area contributed by atoms with E-state index in [0.29, 0.717) is 12.2 Å². The number of thiazole rings is 1. The van der Waals surface area contributed by atoms with Gasteiger partial charge in [-0.25, -0.2) is 4.98 Å². The third-order valence-corrected chi connectivity index (χ3v) is 3.28. The molecule has 2 rings (SSSR count). The van der Waals surface area contributed by atoms with Crippen LogP contribution in [0.25, 0.3) is 0 Å². The van der Waals surface area contributed by atoms with Gasteiger partial charge in [0.15, 0.2) is 5.13 Å². The molecule has 7 heteroatoms. The summed E-state index contributed by atoms with van der Waals surface area (Å²) in [5, 5.41) is 18.6. The molecule has 0 saturated carbocycles. The SMILES string of the molecule is Cc1nn(C)cc1CNc1nc(CC(=O)O)cs1. The topological polar surface area (TPSA) is 80.0 Å². The van der Waals surface area contributed by atoms with E-state index in [1.165, 1.54) is 11.3 Å². The second-order valence-electron chi connectivity index (χ2n) is 3.98. The zero-order chi connectivity index (χ0) is 13.1. The minimum atomic E-state index is -0.866. The highest BCUT2D eigenvalue weighted by atomic mass is 32.1. The Labute approximate surface area is 108 Å². The molecule has 0 aliphatic heterocycles. The third-order valence-electron chi connectivity index (χ3n) is 2.43. The first kappa shape index (κ1) is 12.6. The van der Waals surface area contributed by atoms with Gasteiger partial charge in [0, 0.05) is 30.7 Å². The Morgan fingerprint density at radius 3 is 3.00 bits per heavy atom. The van der Waals surface area contributed by atoms with E-state index in [1.807, 2.05) is 20.2 Å². The van der Waals surface area contributed by atoms with Crippen molar-refractivity contribution in [3.63, 3.8) is 0 Å². The van der Waals surface area contributed by atoms with Gasteiger partial charge in [0.05, 0.1) is 17.8 Å². The van der Waals surface area contributed by atoms with E-state index in [2.05, 4.69) is 15.4 Å². The first-order valence-corrected chi connectivity index (χ1v) is 6.32. The Kier molecular flexibility index (Phi) is 3.61. The van der Waals surface area contributed by atoms with Gasteiger partial charge in [-0.2, -0.15) is 5.10 Å². The van der Waals surface area contributed by atoms with Crippen LogP contribution < -0.4 is 5.32 Å². The van der Waals surface area contributed by atoms with E-state index < -0.39 is 5.97 Å². The minimum Gasteiger partial charge on any atom is -0.481 e. The summed E-state index contributed by atoms with van der Waals surface area (Å²) >= 11 is 1.41. The number of rotatable bonds is 5. The highest BCUT2D eigenvalue weighted by molar-refractivity contribution is 7.13. The van der Waals surface area contributed by atoms with Gasteiger partial charge in [-0.15, -0.1) is 11.3 Å². The van der Waals surface area contributed by atoms with Crippen LogP contribution in [-0.4, -0.2) is 25.8 Å². The Bertz CT molecular complexity index is 561. The standard InChI is InChI=1S/C11H14N4O2S/c1-7-8(5-15(2)14-7)4-12-11-13-9(6-18-11)3-10(16)17/h5-6H,3-4H2,1-2H3,(H,12,13)(H,16,17). The molecule has 0 amide bonds. The Morgan fingerprint density at radius 1 is 1.61 bits per heavy atom. The predicted molar refractivity (Wildman–Crippen MR) is 68.7 cm³/mol. The van der Waals surface area contributed by atoms with Crippen LogP contribution >= 0.6 is 11.3 Å². The van der Waals surface area contributed by atoms with Crippen molar-refractivity contribution in [1.82, 2.24) is 14.8 Å². The largest absolute Gasteiger partial charge is 0.481 e. The zero-order valence-corrected chi connectivity index (χ0v) is 11.0. The van der Waals surface area contributed by atoms with Crippen molar-refractivity contribution in [3.05, 3.63) is 28.5 Å². The number of hydrogen-bond acceptors (Lipinski definition) is 5. The number of aliphatic carboxylic acids is 1. The number of nitrogens with one attached hydrogen (secondary N) is 1. The molecule has 96 valence electrons. The lowest BCUT2D eigenvalue weighted by molar-refractivity contribution is -0.136. The van der Waals surface area contributed by atoms with Gasteiger partial charge in [0.1, 0.15) is 0 Å². The van der Waals surface area contributed by atoms with Crippen molar-refractivity contribution in [2.75, 3.05) is 5.32 Å². The Morgan fingerprint density at radius 2 is 2.39 bits per heavy atom. The zero-order valence-electron chi connectivity index (χ0n) is 10.2. The highest BCUT2D eigenvalue weighted by Gasteiger charge is 2.07. The van der Waals surface area contributed by atoms with Crippen LogP contribution in [-0.2, 0) is 24.8 Å². The number of anilines is 1. The Balaban J connectivity index is 1.96. The second kappa shape index (κ2) is 5.18. The normalized spacial score (nSPS) is 10.6. The number of carboxylic acids is 1. The van der Waals surface area contributed by atoms with Crippen LogP contribution in [0.4, 0.5) is 5.13 Å². The first-order chi connectivity index (χ1) is 8.54. The van der Waals surface area contributed by atoms with Gasteiger partial charge in [0.25, 0.3) is 0 Å². The molecule has 2 N–H and O–H groups in total. The summed E-state index contributed by atoms with van der Waals surface area (Å²) in [4.78, 5) is 14.7. The predicted octanol–water partition coefficient (Wildman–Crippen LogP) is 1.42. The van der Waals surface area contributed by atoms with Crippen LogP contribution in [0.5, 0.6) is 0 Å². The van der Waals surface area contributed by atoms with Crippen LogP contribution in [0.15, 0.2) is 11.6 Å². The smallest absolute Gasteiger partial charge is 0.309 e. The molecule has 0 aliphatic rings. The number of nitrogens with zero attached hydrogens (tertiary/aromatic N) is 3. The maximum atomic E-state index is 10.5. The molecule has 0 spiro atoms. The molecular weight excluding hydrogens is 252 g/mol. The third kappa shape index (κ3) is 3.07. The van der Waals surface area contributed by atoms with Crippen LogP contribution in [0.2, 0.25) is 0 Å². The molecule has 2 aromatic rings. The molecule has 0 radical (unpaired) electrons. The lowest BCUT2D eigenvalue weighted by Crippen LogP contribution is -2.02. The molecule has 0 atom stereocenters. The molecule has 18 heavy (non-hydrogen) atoms. The van der Waals surface area contributed by atoms with Crippen LogP contribution in [0.3, 0.4) is 0 Å². The number of aromatic nitrogens is 3. The molecular formula is C11H14N4O2S. The van der Waals surface area contributed by atoms with Gasteiger partial charge in [-0.1, -0.05) is 0 Å². The van der Waals surface area contributed by atoms with E-state index in [0.717, 1.165) is 16.4 Å². The van der Waals surface area contributed by atoms with Gasteiger partial charge >= 0.3 is 5.97 Å². The lowest BCUT2D eigenvalue weighted by atomic mass is 10.3. The van der Waals surface area contributed by atoms with Gasteiger partial charge < -0.3 is 10.4 Å². The monoisotopic (exact) mass is 266 g/mol. The molecule has 2 heterocycles. The van der Waals surface area contributed by atoms with E-state index >= 15 is 0 Å². The average molecular weight is 266 g/mol. The Hall–Kier alpha value is -1.89. The molecule has 0 aliphatic carbocycles. The maximum absolute atomic E-state index is 10.5. The van der Waals surface area contributed by atoms with Crippen LogP contribution in [0, 0.1) is 6.92 Å². The van der Waals surface area contributed by atoms with E-state index in [9.17, 15) is 4.79 Å². The number of aryl methyl sites for hydroxylation is 2. The fourth-order valence-corrected chi connectivity index (χ4v) is 2.33. The maximum Gasteiger partial charge on any atom is 0.309 e. The van der Waals surface area contributed by atoms with E-state index in [4.69, 9.17) is 5.11 Å². The molecule has 0 bridgehead atoms. The summed E-state index contributed by atoms with van der Waals surface area (Å²) in [5.41, 5.74) is 2.66. The summed E-state index contributed by atoms with van der Waals surface area (Å²) in [6, 6.07) is 0. The number of carboxylic acid groups (broad SMARTS) is 1. The van der Waals surface area contributed by atoms with Crippen molar-refractivity contribution in [2.24, 2.45) is 7.05 Å². The summed E-state index contributed by atoms with van der Waals surface area (Å²) in [5.74, 6) is -0.866. The molecule has 0 fully saturated rings. The van der Waals surface area contributed by atoms with Gasteiger partial charge in [-0.3, -0.25) is 9.48 Å². The molecule has 6 nitrogen and oxygen atoms in total. The number of hydrogen-bond donors (Lipinski definition) is 2. The van der Waals surface area contributed by atoms with E-state index in [1.54, 1.807) is 10.1 Å². The molecule has 2 aromatic heterocycles. The summed E-state index contributed by atoms with van der Waals surface area (Å²) in [7, 11) is 1.88. The number of carbonyl (C=O) groups is 1. The first-order valence-electron chi connectivity index (χ1n) is 5.44. The van der Waals surface area contributed by atoms with E-state index in [-0.39, 0.29) is 6.42 Å². The van der Waals surface area contributed by atoms with Crippen molar-refractivity contribution in [1.29, 1.82) is 0 Å². The van der Waals surface area contributed by atoms with Crippen molar-refractivity contribution in [3.8, 4) is 0 Å². The fourth-order valence-electron chi connectivity index (χ4n) is 1.62. The van der Waals surface area contributed by atoms with Gasteiger partial charge in [0.2, 0.25) is 0 Å². The minimum absolute atomic E-state index is 0.0376. The lowest BCUT2D eigenvalue weighted by Gasteiger charge is -2.00. The molecule has 0 unspecified atom stereocenters. The van der Waals surface area contributed by atoms with Crippen molar-refractivity contribution in [2.45, 2.75) is 19.9 Å². The van der Waals surface area contributed by atoms with Crippen molar-refractivity contribution < 1.29 is 9.90 Å². The average Bonchev–Trinajstić information content (AvgIpc) is 2.82. The molecule has 0 saturated heterocycles. The van der Waals surface area contributed by atoms with Crippen LogP contribution in [0.1, 0.15) is 17.0 Å². The molecule has 0 aromatic carbocycles. The summed E-state index contributed by atoms with van der Waals surface area (Å²) in [6.07, 6.45) is 1.91. The second-order valence-corrected chi connectivity index (χ2v) is 4.84. The quantitative estimate of drug-likeness (QED) is 0.855. The highest BCUT2D eigenvalue weighted by Crippen LogP contribution is 2.17.